The number of methoxy groups -OCH3 is 1. The van der Waals surface area contributed by atoms with Crippen LogP contribution in [0.4, 0.5) is 0 Å². The van der Waals surface area contributed by atoms with Crippen LogP contribution in [-0.4, -0.2) is 29.2 Å². The summed E-state index contributed by atoms with van der Waals surface area (Å²) in [5.74, 6) is -0.0814. The molecule has 6 nitrogen and oxygen atoms in total. The Balaban J connectivity index is 2.22. The third-order valence-electron chi connectivity index (χ3n) is 3.98. The van der Waals surface area contributed by atoms with Crippen molar-refractivity contribution >= 4 is 40.2 Å². The van der Waals surface area contributed by atoms with Gasteiger partial charge in [0.2, 0.25) is 0 Å². The normalized spacial score (nSPS) is 10.8. The molecule has 0 radical (unpaired) electrons. The van der Waals surface area contributed by atoms with E-state index in [1.54, 1.807) is 32.2 Å². The second-order valence-electron chi connectivity index (χ2n) is 5.67. The zero-order valence-corrected chi connectivity index (χ0v) is 16.2. The van der Waals surface area contributed by atoms with Crippen LogP contribution < -0.4 is 10.3 Å². The summed E-state index contributed by atoms with van der Waals surface area (Å²) in [6.07, 6.45) is 1.42. The van der Waals surface area contributed by atoms with Crippen molar-refractivity contribution in [2.45, 2.75) is 13.5 Å². The molecule has 0 N–H and O–H groups in total. The second kappa shape index (κ2) is 7.98. The standard InChI is InChI=1S/C19H16Cl2N2O4/c1-3-27-19(25)15-16(21)14-8-12(20)9-22-17(14)23(18(15)24)10-11-4-6-13(26-2)7-5-11/h4-9H,3,10H2,1-2H3. The molecule has 0 aliphatic carbocycles. The van der Waals surface area contributed by atoms with E-state index in [-0.39, 0.29) is 23.7 Å². The summed E-state index contributed by atoms with van der Waals surface area (Å²) in [4.78, 5) is 29.6. The zero-order valence-electron chi connectivity index (χ0n) is 14.7. The van der Waals surface area contributed by atoms with Crippen LogP contribution in [0.15, 0.2) is 41.3 Å². The molecule has 0 bridgehead atoms. The van der Waals surface area contributed by atoms with Crippen molar-refractivity contribution in [2.24, 2.45) is 0 Å². The molecule has 1 aromatic carbocycles. The smallest absolute Gasteiger partial charge is 0.345 e. The number of hydrogen-bond donors (Lipinski definition) is 0. The topological polar surface area (TPSA) is 70.4 Å². The van der Waals surface area contributed by atoms with Gasteiger partial charge in [-0.05, 0) is 30.7 Å². The van der Waals surface area contributed by atoms with Gasteiger partial charge < -0.3 is 9.47 Å². The Morgan fingerprint density at radius 2 is 1.93 bits per heavy atom. The Morgan fingerprint density at radius 1 is 1.22 bits per heavy atom. The summed E-state index contributed by atoms with van der Waals surface area (Å²) in [5, 5.41) is 0.726. The Labute approximate surface area is 165 Å². The number of aromatic nitrogens is 2. The van der Waals surface area contributed by atoms with Crippen molar-refractivity contribution in [2.75, 3.05) is 13.7 Å². The van der Waals surface area contributed by atoms with Gasteiger partial charge in [0, 0.05) is 11.6 Å². The fourth-order valence-corrected chi connectivity index (χ4v) is 3.16. The minimum atomic E-state index is -0.780. The average Bonchev–Trinajstić information content (AvgIpc) is 2.66. The number of hydrogen-bond acceptors (Lipinski definition) is 5. The van der Waals surface area contributed by atoms with E-state index >= 15 is 0 Å². The molecule has 0 atom stereocenters. The highest BCUT2D eigenvalue weighted by atomic mass is 35.5. The van der Waals surface area contributed by atoms with E-state index < -0.39 is 11.5 Å². The molecule has 0 amide bonds. The fraction of sp³-hybridized carbons (Fsp3) is 0.211. The van der Waals surface area contributed by atoms with Gasteiger partial charge >= 0.3 is 5.97 Å². The Bertz CT molecular complexity index is 1060. The Hall–Kier alpha value is -2.57. The van der Waals surface area contributed by atoms with E-state index in [0.29, 0.717) is 21.8 Å². The fourth-order valence-electron chi connectivity index (χ4n) is 2.71. The molecule has 3 aromatic rings. The second-order valence-corrected chi connectivity index (χ2v) is 6.49. The number of ether oxygens (including phenoxy) is 2. The predicted octanol–water partition coefficient (Wildman–Crippen LogP) is 3.94. The van der Waals surface area contributed by atoms with Gasteiger partial charge in [-0.2, -0.15) is 0 Å². The van der Waals surface area contributed by atoms with Crippen LogP contribution >= 0.6 is 23.2 Å². The molecule has 140 valence electrons. The lowest BCUT2D eigenvalue weighted by molar-refractivity contribution is 0.0524. The molecule has 0 spiro atoms. The quantitative estimate of drug-likeness (QED) is 0.600. The summed E-state index contributed by atoms with van der Waals surface area (Å²) in [7, 11) is 1.57. The van der Waals surface area contributed by atoms with Crippen LogP contribution in [0.1, 0.15) is 22.8 Å². The van der Waals surface area contributed by atoms with Crippen molar-refractivity contribution < 1.29 is 14.3 Å². The molecule has 2 aromatic heterocycles. The van der Waals surface area contributed by atoms with Gasteiger partial charge in [0.1, 0.15) is 17.0 Å². The van der Waals surface area contributed by atoms with Crippen molar-refractivity contribution in [3.05, 3.63) is 68.1 Å². The number of esters is 1. The van der Waals surface area contributed by atoms with Gasteiger partial charge in [-0.15, -0.1) is 0 Å². The monoisotopic (exact) mass is 406 g/mol. The first kappa shape index (κ1) is 19.2. The molecule has 0 fully saturated rings. The van der Waals surface area contributed by atoms with Crippen LogP contribution in [0, 0.1) is 0 Å². The minimum Gasteiger partial charge on any atom is -0.497 e. The summed E-state index contributed by atoms with van der Waals surface area (Å²) in [6.45, 7) is 1.97. The molecule has 0 unspecified atom stereocenters. The van der Waals surface area contributed by atoms with Crippen molar-refractivity contribution in [1.82, 2.24) is 9.55 Å². The largest absolute Gasteiger partial charge is 0.497 e. The van der Waals surface area contributed by atoms with Crippen LogP contribution in [0.5, 0.6) is 5.75 Å². The number of halogens is 2. The maximum absolute atomic E-state index is 13.0. The SMILES string of the molecule is CCOC(=O)c1c(Cl)c2cc(Cl)cnc2n(Cc2ccc(OC)cc2)c1=O. The Morgan fingerprint density at radius 3 is 2.56 bits per heavy atom. The van der Waals surface area contributed by atoms with Crippen LogP contribution in [0.25, 0.3) is 11.0 Å². The Kier molecular flexibility index (Phi) is 5.68. The van der Waals surface area contributed by atoms with E-state index in [9.17, 15) is 9.59 Å². The lowest BCUT2D eigenvalue weighted by atomic mass is 10.1. The van der Waals surface area contributed by atoms with Gasteiger partial charge in [-0.3, -0.25) is 9.36 Å². The van der Waals surface area contributed by atoms with Crippen molar-refractivity contribution in [3.63, 3.8) is 0 Å². The summed E-state index contributed by atoms with van der Waals surface area (Å²) in [6, 6.07) is 8.79. The van der Waals surface area contributed by atoms with Gasteiger partial charge in [-0.25, -0.2) is 9.78 Å². The van der Waals surface area contributed by atoms with Gasteiger partial charge in [0.15, 0.2) is 0 Å². The highest BCUT2D eigenvalue weighted by Crippen LogP contribution is 2.27. The van der Waals surface area contributed by atoms with Gasteiger partial charge in [-0.1, -0.05) is 35.3 Å². The maximum atomic E-state index is 13.0. The van der Waals surface area contributed by atoms with Crippen LogP contribution in [0.3, 0.4) is 0 Å². The zero-order chi connectivity index (χ0) is 19.6. The molecule has 0 aliphatic rings. The molecular formula is C19H16Cl2N2O4. The summed E-state index contributed by atoms with van der Waals surface area (Å²) < 4.78 is 11.5. The number of benzene rings is 1. The first-order valence-corrected chi connectivity index (χ1v) is 8.89. The summed E-state index contributed by atoms with van der Waals surface area (Å²) in [5.41, 5.74) is 0.353. The first-order valence-electron chi connectivity index (χ1n) is 8.13. The summed E-state index contributed by atoms with van der Waals surface area (Å²) >= 11 is 12.4. The van der Waals surface area contributed by atoms with E-state index in [1.807, 2.05) is 12.1 Å². The maximum Gasteiger partial charge on any atom is 0.345 e. The highest BCUT2D eigenvalue weighted by Gasteiger charge is 2.23. The third-order valence-corrected chi connectivity index (χ3v) is 4.58. The van der Waals surface area contributed by atoms with Gasteiger partial charge in [0.25, 0.3) is 5.56 Å². The van der Waals surface area contributed by atoms with E-state index in [4.69, 9.17) is 32.7 Å². The number of carbonyl (C=O) groups excluding carboxylic acids is 1. The number of nitrogens with zero attached hydrogens (tertiary/aromatic N) is 2. The first-order chi connectivity index (χ1) is 13.0. The van der Waals surface area contributed by atoms with Crippen molar-refractivity contribution in [1.29, 1.82) is 0 Å². The van der Waals surface area contributed by atoms with Gasteiger partial charge in [0.05, 0.1) is 30.3 Å². The lowest BCUT2D eigenvalue weighted by Crippen LogP contribution is -2.29. The third kappa shape index (κ3) is 3.77. The highest BCUT2D eigenvalue weighted by molar-refractivity contribution is 6.38. The number of rotatable bonds is 5. The van der Waals surface area contributed by atoms with Crippen LogP contribution in [-0.2, 0) is 11.3 Å². The molecule has 0 aliphatic heterocycles. The number of fused-ring (bicyclic) bond motifs is 1. The number of carbonyl (C=O) groups is 1. The van der Waals surface area contributed by atoms with Crippen molar-refractivity contribution in [3.8, 4) is 5.75 Å². The van der Waals surface area contributed by atoms with E-state index in [2.05, 4.69) is 4.98 Å². The lowest BCUT2D eigenvalue weighted by Gasteiger charge is -2.14. The molecule has 0 saturated heterocycles. The minimum absolute atomic E-state index is 0.0190. The van der Waals surface area contributed by atoms with E-state index in [1.165, 1.54) is 10.8 Å². The molecule has 3 rings (SSSR count). The molecule has 0 saturated carbocycles. The number of pyridine rings is 2. The molecule has 8 heteroatoms. The molecular weight excluding hydrogens is 391 g/mol. The predicted molar refractivity (Wildman–Crippen MR) is 104 cm³/mol. The average molecular weight is 407 g/mol. The van der Waals surface area contributed by atoms with Crippen LogP contribution in [0.2, 0.25) is 10.0 Å². The molecule has 2 heterocycles. The molecule has 27 heavy (non-hydrogen) atoms. The van der Waals surface area contributed by atoms with E-state index in [0.717, 1.165) is 5.56 Å².